The lowest BCUT2D eigenvalue weighted by Crippen LogP contribution is -1.87. The van der Waals surface area contributed by atoms with Crippen molar-refractivity contribution in [2.24, 2.45) is 0 Å². The number of halogens is 1. The fourth-order valence-corrected chi connectivity index (χ4v) is 1.13. The van der Waals surface area contributed by atoms with Gasteiger partial charge in [-0.15, -0.1) is 0 Å². The average Bonchev–Trinajstić information content (AvgIpc) is 2.06. The van der Waals surface area contributed by atoms with E-state index in [4.69, 9.17) is 16.7 Å². The van der Waals surface area contributed by atoms with Crippen LogP contribution in [0, 0.1) is 6.92 Å². The molecule has 0 aliphatic heterocycles. The van der Waals surface area contributed by atoms with E-state index in [-0.39, 0.29) is 0 Å². The first kappa shape index (κ1) is 9.81. The Kier molecular flexibility index (Phi) is 3.09. The minimum absolute atomic E-state index is 0.607. The van der Waals surface area contributed by atoms with Gasteiger partial charge in [-0.3, -0.25) is 0 Å². The van der Waals surface area contributed by atoms with E-state index in [1.54, 1.807) is 12.1 Å². The second-order valence-electron chi connectivity index (χ2n) is 2.67. The summed E-state index contributed by atoms with van der Waals surface area (Å²) in [6.45, 7) is 1.90. The molecule has 2 nitrogen and oxygen atoms in total. The molecule has 0 spiro atoms. The molecule has 0 heterocycles. The Labute approximate surface area is 81.5 Å². The molecule has 0 fully saturated rings. The van der Waals surface area contributed by atoms with Gasteiger partial charge < -0.3 is 5.11 Å². The molecule has 1 rings (SSSR count). The van der Waals surface area contributed by atoms with Crippen molar-refractivity contribution < 1.29 is 9.90 Å². The Morgan fingerprint density at radius 2 is 2.23 bits per heavy atom. The summed E-state index contributed by atoms with van der Waals surface area (Å²) in [5.74, 6) is -0.959. The summed E-state index contributed by atoms with van der Waals surface area (Å²) in [5, 5.41) is 9.02. The normalized spacial score (nSPS) is 10.6. The third-order valence-electron chi connectivity index (χ3n) is 1.65. The number of benzene rings is 1. The molecule has 0 radical (unpaired) electrons. The molecule has 1 N–H and O–H groups in total. The molecule has 1 aromatic rings. The van der Waals surface area contributed by atoms with Crippen molar-refractivity contribution in [2.45, 2.75) is 6.92 Å². The van der Waals surface area contributed by atoms with Crippen molar-refractivity contribution in [2.75, 3.05) is 0 Å². The van der Waals surface area contributed by atoms with Gasteiger partial charge in [-0.1, -0.05) is 17.7 Å². The summed E-state index contributed by atoms with van der Waals surface area (Å²) >= 11 is 5.75. The van der Waals surface area contributed by atoms with Crippen molar-refractivity contribution in [1.82, 2.24) is 0 Å². The van der Waals surface area contributed by atoms with Crippen LogP contribution < -0.4 is 0 Å². The smallest absolute Gasteiger partial charge is 0.328 e. The van der Waals surface area contributed by atoms with Gasteiger partial charge in [0.2, 0.25) is 0 Å². The lowest BCUT2D eigenvalue weighted by molar-refractivity contribution is -0.131. The lowest BCUT2D eigenvalue weighted by atomic mass is 10.1. The Morgan fingerprint density at radius 1 is 1.54 bits per heavy atom. The van der Waals surface area contributed by atoms with Crippen LogP contribution >= 0.6 is 11.6 Å². The summed E-state index contributed by atoms with van der Waals surface area (Å²) in [6.07, 6.45) is 2.63. The van der Waals surface area contributed by atoms with Crippen LogP contribution in [0.4, 0.5) is 0 Å². The Bertz CT molecular complexity index is 356. The standard InChI is InChI=1S/C10H9ClO2/c1-7-2-4-9(11)6-8(7)3-5-10(12)13/h2-6H,1H3,(H,12,13)/b5-3+. The minimum atomic E-state index is -0.959. The van der Waals surface area contributed by atoms with Gasteiger partial charge >= 0.3 is 5.97 Å². The molecular formula is C10H9ClO2. The van der Waals surface area contributed by atoms with Gasteiger partial charge in [0.25, 0.3) is 0 Å². The van der Waals surface area contributed by atoms with E-state index in [0.29, 0.717) is 5.02 Å². The summed E-state index contributed by atoms with van der Waals surface area (Å²) in [7, 11) is 0. The molecule has 0 bridgehead atoms. The van der Waals surface area contributed by atoms with Gasteiger partial charge in [-0.25, -0.2) is 4.79 Å². The number of carboxylic acid groups (broad SMARTS) is 1. The maximum atomic E-state index is 10.2. The van der Waals surface area contributed by atoms with Crippen molar-refractivity contribution >= 4 is 23.6 Å². The van der Waals surface area contributed by atoms with E-state index >= 15 is 0 Å². The molecule has 0 saturated heterocycles. The van der Waals surface area contributed by atoms with Gasteiger partial charge in [0.1, 0.15) is 0 Å². The van der Waals surface area contributed by atoms with Crippen LogP contribution in [0.2, 0.25) is 5.02 Å². The molecule has 0 saturated carbocycles. The molecule has 0 atom stereocenters. The third-order valence-corrected chi connectivity index (χ3v) is 1.88. The number of aliphatic carboxylic acids is 1. The molecule has 3 heteroatoms. The molecule has 13 heavy (non-hydrogen) atoms. The van der Waals surface area contributed by atoms with Gasteiger partial charge in [-0.05, 0) is 36.3 Å². The first-order valence-electron chi connectivity index (χ1n) is 3.77. The molecule has 0 amide bonds. The molecule has 0 aromatic heterocycles. The van der Waals surface area contributed by atoms with E-state index in [9.17, 15) is 4.79 Å². The van der Waals surface area contributed by atoms with Crippen LogP contribution in [0.5, 0.6) is 0 Å². The summed E-state index contributed by atoms with van der Waals surface area (Å²) in [6, 6.07) is 5.36. The molecule has 0 unspecified atom stereocenters. The number of carboxylic acids is 1. The van der Waals surface area contributed by atoms with Crippen LogP contribution in [-0.2, 0) is 4.79 Å². The predicted molar refractivity (Wildman–Crippen MR) is 52.9 cm³/mol. The maximum Gasteiger partial charge on any atom is 0.328 e. The molecule has 0 aliphatic rings. The highest BCUT2D eigenvalue weighted by Crippen LogP contribution is 2.16. The summed E-state index contributed by atoms with van der Waals surface area (Å²) < 4.78 is 0. The molecule has 0 aliphatic carbocycles. The van der Waals surface area contributed by atoms with E-state index in [2.05, 4.69) is 0 Å². The van der Waals surface area contributed by atoms with Crippen molar-refractivity contribution in [3.63, 3.8) is 0 Å². The van der Waals surface area contributed by atoms with E-state index in [1.807, 2.05) is 13.0 Å². The number of aryl methyl sites for hydroxylation is 1. The Hall–Kier alpha value is -1.28. The van der Waals surface area contributed by atoms with E-state index in [0.717, 1.165) is 17.2 Å². The number of carbonyl (C=O) groups is 1. The third kappa shape index (κ3) is 2.92. The maximum absolute atomic E-state index is 10.2. The predicted octanol–water partition coefficient (Wildman–Crippen LogP) is 2.75. The Morgan fingerprint density at radius 3 is 2.85 bits per heavy atom. The SMILES string of the molecule is Cc1ccc(Cl)cc1/C=C/C(=O)O. The Balaban J connectivity index is 3.00. The van der Waals surface area contributed by atoms with Gasteiger partial charge in [-0.2, -0.15) is 0 Å². The van der Waals surface area contributed by atoms with Crippen molar-refractivity contribution in [3.05, 3.63) is 40.4 Å². The minimum Gasteiger partial charge on any atom is -0.478 e. The highest BCUT2D eigenvalue weighted by molar-refractivity contribution is 6.30. The fraction of sp³-hybridized carbons (Fsp3) is 0.100. The topological polar surface area (TPSA) is 37.3 Å². The zero-order valence-electron chi connectivity index (χ0n) is 7.12. The number of hydrogen-bond acceptors (Lipinski definition) is 1. The largest absolute Gasteiger partial charge is 0.478 e. The van der Waals surface area contributed by atoms with Gasteiger partial charge in [0, 0.05) is 11.1 Å². The van der Waals surface area contributed by atoms with E-state index < -0.39 is 5.97 Å². The monoisotopic (exact) mass is 196 g/mol. The fourth-order valence-electron chi connectivity index (χ4n) is 0.952. The molecule has 68 valence electrons. The number of rotatable bonds is 2. The highest BCUT2D eigenvalue weighted by atomic mass is 35.5. The number of hydrogen-bond donors (Lipinski definition) is 1. The lowest BCUT2D eigenvalue weighted by Gasteiger charge is -1.99. The zero-order chi connectivity index (χ0) is 9.84. The van der Waals surface area contributed by atoms with Crippen LogP contribution in [0.1, 0.15) is 11.1 Å². The first-order valence-corrected chi connectivity index (χ1v) is 4.14. The van der Waals surface area contributed by atoms with Gasteiger partial charge in [0.15, 0.2) is 0 Å². The van der Waals surface area contributed by atoms with Crippen molar-refractivity contribution in [3.8, 4) is 0 Å². The van der Waals surface area contributed by atoms with Gasteiger partial charge in [0.05, 0.1) is 0 Å². The molecular weight excluding hydrogens is 188 g/mol. The second kappa shape index (κ2) is 4.10. The second-order valence-corrected chi connectivity index (χ2v) is 3.11. The first-order chi connectivity index (χ1) is 6.09. The molecule has 1 aromatic carbocycles. The van der Waals surface area contributed by atoms with Crippen molar-refractivity contribution in [1.29, 1.82) is 0 Å². The summed E-state index contributed by atoms with van der Waals surface area (Å²) in [5.41, 5.74) is 1.83. The highest BCUT2D eigenvalue weighted by Gasteiger charge is 1.95. The van der Waals surface area contributed by atoms with Crippen LogP contribution in [0.3, 0.4) is 0 Å². The zero-order valence-corrected chi connectivity index (χ0v) is 7.88. The van der Waals surface area contributed by atoms with Crippen LogP contribution in [0.25, 0.3) is 6.08 Å². The average molecular weight is 197 g/mol. The van der Waals surface area contributed by atoms with E-state index in [1.165, 1.54) is 6.08 Å². The van der Waals surface area contributed by atoms with Crippen LogP contribution in [0.15, 0.2) is 24.3 Å². The summed E-state index contributed by atoms with van der Waals surface area (Å²) in [4.78, 5) is 10.2. The van der Waals surface area contributed by atoms with Crippen LogP contribution in [-0.4, -0.2) is 11.1 Å². The quantitative estimate of drug-likeness (QED) is 0.739.